The Balaban J connectivity index is 0.00000401. The first-order valence-corrected chi connectivity index (χ1v) is 17.2. The third-order valence-electron chi connectivity index (χ3n) is 8.92. The van der Waals surface area contributed by atoms with E-state index in [1.165, 1.54) is 25.1 Å². The van der Waals surface area contributed by atoms with Crippen LogP contribution in [0.25, 0.3) is 11.0 Å². The molecule has 1 aliphatic rings. The Hall–Kier alpha value is -4.97. The van der Waals surface area contributed by atoms with Gasteiger partial charge in [-0.05, 0) is 67.9 Å². The zero-order chi connectivity index (χ0) is 32.9. The molecule has 1 aromatic heterocycles. The van der Waals surface area contributed by atoms with Crippen LogP contribution in [0, 0.1) is 6.92 Å². The molecule has 0 aliphatic heterocycles. The summed E-state index contributed by atoms with van der Waals surface area (Å²) in [5, 5.41) is 3.54. The van der Waals surface area contributed by atoms with Crippen LogP contribution in [-0.4, -0.2) is 17.5 Å². The molecule has 0 saturated carbocycles. The molecule has 48 heavy (non-hydrogen) atoms. The highest BCUT2D eigenvalue weighted by Crippen LogP contribution is 2.66. The monoisotopic (exact) mass is 716 g/mol. The predicted octanol–water partition coefficient (Wildman–Crippen LogP) is 3.86. The first-order valence-electron chi connectivity index (χ1n) is 15.3. The van der Waals surface area contributed by atoms with Crippen molar-refractivity contribution in [1.29, 1.82) is 0 Å². The van der Waals surface area contributed by atoms with Gasteiger partial charge in [0.05, 0.1) is 16.5 Å². The number of ether oxygens (including phenoxy) is 1. The molecule has 1 unspecified atom stereocenters. The van der Waals surface area contributed by atoms with Crippen LogP contribution in [-0.2, 0) is 4.79 Å². The van der Waals surface area contributed by atoms with E-state index in [-0.39, 0.29) is 67.0 Å². The van der Waals surface area contributed by atoms with Crippen molar-refractivity contribution in [1.82, 2.24) is 0 Å². The zero-order valence-electron chi connectivity index (χ0n) is 26.4. The fourth-order valence-electron chi connectivity index (χ4n) is 6.92. The maximum absolute atomic E-state index is 14.3. The fraction of sp³-hybridized carbons (Fsp3) is 0.100. The van der Waals surface area contributed by atoms with Gasteiger partial charge < -0.3 is 26.1 Å². The van der Waals surface area contributed by atoms with E-state index in [9.17, 15) is 19.2 Å². The van der Waals surface area contributed by atoms with E-state index in [1.807, 2.05) is 54.6 Å². The SMILES string of the molecule is CC(=O)Oc1cccc2c1C(=O)c1c(cc(C)c3c(=O)cc(C(C)[P+](c4ccccc4)(c4ccccc4)c4ccccc4)oc13)C2=O.[Br-]. The van der Waals surface area contributed by atoms with Gasteiger partial charge in [-0.15, -0.1) is 0 Å². The Bertz CT molecular complexity index is 2180. The van der Waals surface area contributed by atoms with E-state index >= 15 is 0 Å². The van der Waals surface area contributed by atoms with Gasteiger partial charge in [0.2, 0.25) is 5.78 Å². The van der Waals surface area contributed by atoms with Crippen molar-refractivity contribution in [2.24, 2.45) is 0 Å². The van der Waals surface area contributed by atoms with Gasteiger partial charge in [-0.2, -0.15) is 0 Å². The number of carbonyl (C=O) groups excluding carboxylic acids is 3. The number of esters is 1. The molecule has 0 amide bonds. The van der Waals surface area contributed by atoms with Gasteiger partial charge in [-0.1, -0.05) is 66.7 Å². The Kier molecular flexibility index (Phi) is 8.86. The molecular formula is C40H30BrO6P. The first kappa shape index (κ1) is 33.0. The Morgan fingerprint density at radius 2 is 1.23 bits per heavy atom. The average molecular weight is 718 g/mol. The van der Waals surface area contributed by atoms with Crippen molar-refractivity contribution in [2.75, 3.05) is 0 Å². The lowest BCUT2D eigenvalue weighted by Crippen LogP contribution is -3.00. The quantitative estimate of drug-likeness (QED) is 0.148. The number of rotatable bonds is 6. The van der Waals surface area contributed by atoms with Crippen molar-refractivity contribution < 1.29 is 40.5 Å². The van der Waals surface area contributed by atoms with Crippen molar-refractivity contribution in [3.8, 4) is 5.75 Å². The van der Waals surface area contributed by atoms with Gasteiger partial charge >= 0.3 is 5.97 Å². The largest absolute Gasteiger partial charge is 1.00 e. The van der Waals surface area contributed by atoms with E-state index < -0.39 is 24.8 Å². The second-order valence-electron chi connectivity index (χ2n) is 11.7. The van der Waals surface area contributed by atoms with E-state index in [2.05, 4.69) is 43.3 Å². The molecule has 6 aromatic rings. The summed E-state index contributed by atoms with van der Waals surface area (Å²) in [5.41, 5.74) is 0.181. The second-order valence-corrected chi connectivity index (χ2v) is 15.4. The van der Waals surface area contributed by atoms with Gasteiger partial charge in [0.15, 0.2) is 16.8 Å². The minimum atomic E-state index is -2.55. The molecule has 6 nitrogen and oxygen atoms in total. The molecule has 7 rings (SSSR count). The molecule has 0 fully saturated rings. The molecule has 238 valence electrons. The van der Waals surface area contributed by atoms with Gasteiger partial charge in [0.25, 0.3) is 0 Å². The lowest BCUT2D eigenvalue weighted by molar-refractivity contribution is -0.131. The van der Waals surface area contributed by atoms with Crippen molar-refractivity contribution >= 4 is 51.7 Å². The smallest absolute Gasteiger partial charge is 0.308 e. The highest BCUT2D eigenvalue weighted by atomic mass is 79.9. The van der Waals surface area contributed by atoms with E-state index in [1.54, 1.807) is 19.1 Å². The molecule has 0 spiro atoms. The molecule has 0 N–H and O–H groups in total. The van der Waals surface area contributed by atoms with Crippen LogP contribution < -0.4 is 43.1 Å². The van der Waals surface area contributed by atoms with E-state index in [0.717, 1.165) is 15.9 Å². The van der Waals surface area contributed by atoms with Crippen LogP contribution >= 0.6 is 7.26 Å². The molecule has 0 saturated heterocycles. The van der Waals surface area contributed by atoms with E-state index in [4.69, 9.17) is 9.15 Å². The Labute approximate surface area is 288 Å². The molecule has 5 aromatic carbocycles. The minimum Gasteiger partial charge on any atom is -1.00 e. The summed E-state index contributed by atoms with van der Waals surface area (Å²) in [7, 11) is -2.55. The van der Waals surface area contributed by atoms with Gasteiger partial charge in [0, 0.05) is 24.1 Å². The lowest BCUT2D eigenvalue weighted by atomic mass is 9.81. The number of ketones is 2. The number of hydrogen-bond acceptors (Lipinski definition) is 6. The Morgan fingerprint density at radius 3 is 1.75 bits per heavy atom. The highest BCUT2D eigenvalue weighted by molar-refractivity contribution is 7.95. The maximum Gasteiger partial charge on any atom is 0.308 e. The molecular weight excluding hydrogens is 687 g/mol. The summed E-state index contributed by atoms with van der Waals surface area (Å²) in [6.45, 7) is 5.03. The number of carbonyl (C=O) groups is 3. The summed E-state index contributed by atoms with van der Waals surface area (Å²) in [4.78, 5) is 54.2. The number of halogens is 1. The van der Waals surface area contributed by atoms with Crippen LogP contribution in [0.15, 0.2) is 131 Å². The molecule has 1 heterocycles. The first-order chi connectivity index (χ1) is 22.7. The second kappa shape index (κ2) is 12.9. The lowest BCUT2D eigenvalue weighted by Gasteiger charge is -2.32. The molecule has 0 bridgehead atoms. The Morgan fingerprint density at radius 1 is 0.688 bits per heavy atom. The minimum absolute atomic E-state index is 0. The van der Waals surface area contributed by atoms with E-state index in [0.29, 0.717) is 11.3 Å². The van der Waals surface area contributed by atoms with Gasteiger partial charge in [0.1, 0.15) is 40.3 Å². The third kappa shape index (κ3) is 5.15. The number of aryl methyl sites for hydroxylation is 1. The van der Waals surface area contributed by atoms with Crippen LogP contribution in [0.1, 0.15) is 62.7 Å². The van der Waals surface area contributed by atoms with Crippen LogP contribution in [0.5, 0.6) is 5.75 Å². The predicted molar refractivity (Wildman–Crippen MR) is 185 cm³/mol. The number of benzene rings is 5. The van der Waals surface area contributed by atoms with Crippen LogP contribution in [0.2, 0.25) is 0 Å². The van der Waals surface area contributed by atoms with Crippen molar-refractivity contribution in [2.45, 2.75) is 26.4 Å². The molecule has 1 atom stereocenters. The number of fused-ring (bicyclic) bond motifs is 4. The summed E-state index contributed by atoms with van der Waals surface area (Å²) < 4.78 is 12.1. The fourth-order valence-corrected chi connectivity index (χ4v) is 11.6. The van der Waals surface area contributed by atoms with Crippen LogP contribution in [0.3, 0.4) is 0 Å². The summed E-state index contributed by atoms with van der Waals surface area (Å²) in [6, 6.07) is 38.4. The third-order valence-corrected chi connectivity index (χ3v) is 13.7. The van der Waals surface area contributed by atoms with Crippen molar-refractivity contribution in [3.05, 3.63) is 165 Å². The highest BCUT2D eigenvalue weighted by Gasteiger charge is 2.52. The summed E-state index contributed by atoms with van der Waals surface area (Å²) in [5.74, 6) is -1.18. The molecule has 0 radical (unpaired) electrons. The van der Waals surface area contributed by atoms with Crippen LogP contribution in [0.4, 0.5) is 0 Å². The summed E-state index contributed by atoms with van der Waals surface area (Å²) in [6.07, 6.45) is 0. The normalized spacial score (nSPS) is 12.9. The van der Waals surface area contributed by atoms with Gasteiger partial charge in [-0.25, -0.2) is 0 Å². The molecule has 8 heteroatoms. The maximum atomic E-state index is 14.3. The summed E-state index contributed by atoms with van der Waals surface area (Å²) >= 11 is 0. The van der Waals surface area contributed by atoms with Gasteiger partial charge in [-0.3, -0.25) is 19.2 Å². The van der Waals surface area contributed by atoms with Crippen molar-refractivity contribution in [3.63, 3.8) is 0 Å². The average Bonchev–Trinajstić information content (AvgIpc) is 3.08. The standard InChI is InChI=1S/C40H30O6P.BrH/c1-24-22-31-37(39(44)36-30(38(31)43)20-13-21-33(36)45-26(3)41)40-35(24)32(42)23-34(46-40)25(2)47(27-14-7-4-8-15-27,28-16-9-5-10-17-28)29-18-11-6-12-19-29;/h4-23,25H,1-3H3;1H/q+1;/p-1. The topological polar surface area (TPSA) is 90.7 Å². The zero-order valence-corrected chi connectivity index (χ0v) is 28.9. The number of hydrogen-bond donors (Lipinski definition) is 0. The molecule has 1 aliphatic carbocycles.